The number of hydrogen-bond donors (Lipinski definition) is 0. The highest BCUT2D eigenvalue weighted by Gasteiger charge is 2.10. The molecule has 1 atom stereocenters. The normalized spacial score (nSPS) is 16.6. The van der Waals surface area contributed by atoms with Gasteiger partial charge < -0.3 is 9.47 Å². The van der Waals surface area contributed by atoms with E-state index in [0.29, 0.717) is 0 Å². The topological polar surface area (TPSA) is 18.5 Å². The molecule has 0 fully saturated rings. The van der Waals surface area contributed by atoms with Crippen LogP contribution in [0.15, 0.2) is 18.2 Å². The number of alkyl halides is 1. The maximum Gasteiger partial charge on any atom is 0.161 e. The predicted octanol–water partition coefficient (Wildman–Crippen LogP) is 3.41. The quantitative estimate of drug-likeness (QED) is 0.754. The van der Waals surface area contributed by atoms with Crippen molar-refractivity contribution in [2.24, 2.45) is 0 Å². The lowest BCUT2D eigenvalue weighted by atomic mass is 10.1. The molecule has 0 bridgehead atoms. The molecule has 1 aromatic rings. The van der Waals surface area contributed by atoms with Crippen molar-refractivity contribution >= 4 is 11.6 Å². The highest BCUT2D eigenvalue weighted by Crippen LogP contribution is 2.30. The monoisotopic (exact) mass is 240 g/mol. The van der Waals surface area contributed by atoms with Gasteiger partial charge in [0.1, 0.15) is 0 Å². The average molecular weight is 241 g/mol. The first kappa shape index (κ1) is 11.6. The van der Waals surface area contributed by atoms with E-state index in [1.165, 1.54) is 5.56 Å². The molecule has 0 aromatic heterocycles. The molecule has 0 amide bonds. The summed E-state index contributed by atoms with van der Waals surface area (Å²) < 4.78 is 11.2. The van der Waals surface area contributed by atoms with E-state index in [9.17, 15) is 0 Å². The molecule has 0 N–H and O–H groups in total. The van der Waals surface area contributed by atoms with Gasteiger partial charge in [0.15, 0.2) is 11.5 Å². The third-order valence-corrected chi connectivity index (χ3v) is 2.86. The first-order valence-electron chi connectivity index (χ1n) is 5.78. The Kier molecular flexibility index (Phi) is 3.94. The fourth-order valence-electron chi connectivity index (χ4n) is 1.73. The number of rotatable bonds is 3. The van der Waals surface area contributed by atoms with Gasteiger partial charge in [-0.15, -0.1) is 11.6 Å². The van der Waals surface area contributed by atoms with Gasteiger partial charge in [0, 0.05) is 11.8 Å². The Morgan fingerprint density at radius 3 is 2.75 bits per heavy atom. The zero-order valence-electron chi connectivity index (χ0n) is 9.54. The molecule has 2 nitrogen and oxygen atoms in total. The molecule has 88 valence electrons. The van der Waals surface area contributed by atoms with Crippen LogP contribution in [-0.4, -0.2) is 18.6 Å². The van der Waals surface area contributed by atoms with Crippen molar-refractivity contribution in [2.75, 3.05) is 13.2 Å². The molecule has 0 saturated heterocycles. The summed E-state index contributed by atoms with van der Waals surface area (Å²) in [7, 11) is 0. The van der Waals surface area contributed by atoms with Crippen LogP contribution in [0.2, 0.25) is 0 Å². The van der Waals surface area contributed by atoms with Crippen LogP contribution in [0.4, 0.5) is 0 Å². The third-order valence-electron chi connectivity index (χ3n) is 2.64. The molecule has 1 aliphatic rings. The Morgan fingerprint density at radius 2 is 2.00 bits per heavy atom. The van der Waals surface area contributed by atoms with Gasteiger partial charge in [-0.25, -0.2) is 0 Å². The van der Waals surface area contributed by atoms with Crippen LogP contribution in [0.1, 0.15) is 25.3 Å². The number of ether oxygens (including phenoxy) is 2. The molecule has 0 saturated carbocycles. The Labute approximate surface area is 102 Å². The van der Waals surface area contributed by atoms with Crippen molar-refractivity contribution in [1.82, 2.24) is 0 Å². The van der Waals surface area contributed by atoms with Gasteiger partial charge in [0.05, 0.1) is 13.2 Å². The highest BCUT2D eigenvalue weighted by atomic mass is 35.5. The van der Waals surface area contributed by atoms with Crippen LogP contribution in [0, 0.1) is 0 Å². The molecular weight excluding hydrogens is 224 g/mol. The van der Waals surface area contributed by atoms with Gasteiger partial charge in [-0.2, -0.15) is 0 Å². The number of fused-ring (bicyclic) bond motifs is 1. The van der Waals surface area contributed by atoms with Crippen molar-refractivity contribution in [3.8, 4) is 11.5 Å². The second kappa shape index (κ2) is 5.44. The van der Waals surface area contributed by atoms with Crippen molar-refractivity contribution < 1.29 is 9.47 Å². The van der Waals surface area contributed by atoms with Gasteiger partial charge in [0.2, 0.25) is 0 Å². The number of hydrogen-bond acceptors (Lipinski definition) is 2. The summed E-state index contributed by atoms with van der Waals surface area (Å²) in [5.74, 6) is 1.73. The summed E-state index contributed by atoms with van der Waals surface area (Å²) in [6.45, 7) is 3.50. The second-order valence-corrected chi connectivity index (χ2v) is 4.90. The molecule has 1 aromatic carbocycles. The standard InChI is InChI=1S/C13H17ClO2/c1-10(14)3-4-11-5-6-12-13(9-11)16-8-2-7-15-12/h5-6,9-10H,2-4,7-8H2,1H3. The van der Waals surface area contributed by atoms with Gasteiger partial charge in [-0.1, -0.05) is 6.07 Å². The van der Waals surface area contributed by atoms with E-state index in [0.717, 1.165) is 44.0 Å². The Bertz CT molecular complexity index is 350. The lowest BCUT2D eigenvalue weighted by molar-refractivity contribution is 0.297. The highest BCUT2D eigenvalue weighted by molar-refractivity contribution is 6.20. The van der Waals surface area contributed by atoms with Crippen molar-refractivity contribution in [3.05, 3.63) is 23.8 Å². The lowest BCUT2D eigenvalue weighted by Gasteiger charge is -2.09. The van der Waals surface area contributed by atoms with E-state index in [1.807, 2.05) is 13.0 Å². The van der Waals surface area contributed by atoms with Crippen molar-refractivity contribution in [3.63, 3.8) is 0 Å². The fourth-order valence-corrected chi connectivity index (χ4v) is 1.84. The Balaban J connectivity index is 2.08. The van der Waals surface area contributed by atoms with Gasteiger partial charge in [-0.3, -0.25) is 0 Å². The summed E-state index contributed by atoms with van der Waals surface area (Å²) in [4.78, 5) is 0. The molecule has 3 heteroatoms. The zero-order chi connectivity index (χ0) is 11.4. The molecule has 1 heterocycles. The maximum atomic E-state index is 5.94. The molecule has 0 radical (unpaired) electrons. The minimum Gasteiger partial charge on any atom is -0.490 e. The van der Waals surface area contributed by atoms with E-state index in [1.54, 1.807) is 0 Å². The molecule has 2 rings (SSSR count). The molecule has 16 heavy (non-hydrogen) atoms. The summed E-state index contributed by atoms with van der Waals surface area (Å²) in [5, 5.41) is 0.218. The molecule has 1 unspecified atom stereocenters. The average Bonchev–Trinajstić information content (AvgIpc) is 2.50. The van der Waals surface area contributed by atoms with Crippen LogP contribution < -0.4 is 9.47 Å². The molecule has 1 aliphatic heterocycles. The third kappa shape index (κ3) is 3.05. The van der Waals surface area contributed by atoms with Crippen LogP contribution in [-0.2, 0) is 6.42 Å². The van der Waals surface area contributed by atoms with Crippen LogP contribution in [0.5, 0.6) is 11.5 Å². The lowest BCUT2D eigenvalue weighted by Crippen LogP contribution is -1.97. The largest absolute Gasteiger partial charge is 0.490 e. The fraction of sp³-hybridized carbons (Fsp3) is 0.538. The summed E-state index contributed by atoms with van der Waals surface area (Å²) in [6, 6.07) is 6.15. The zero-order valence-corrected chi connectivity index (χ0v) is 10.3. The first-order chi connectivity index (χ1) is 7.75. The molecular formula is C13H17ClO2. The SMILES string of the molecule is CC(Cl)CCc1ccc2c(c1)OCCCO2. The number of aryl methyl sites for hydroxylation is 1. The van der Waals surface area contributed by atoms with Crippen LogP contribution in [0.3, 0.4) is 0 Å². The van der Waals surface area contributed by atoms with Crippen LogP contribution in [0.25, 0.3) is 0 Å². The van der Waals surface area contributed by atoms with Gasteiger partial charge in [-0.05, 0) is 37.5 Å². The Morgan fingerprint density at radius 1 is 1.25 bits per heavy atom. The summed E-state index contributed by atoms with van der Waals surface area (Å²) in [5.41, 5.74) is 1.26. The van der Waals surface area contributed by atoms with E-state index in [4.69, 9.17) is 21.1 Å². The predicted molar refractivity (Wildman–Crippen MR) is 65.7 cm³/mol. The number of halogens is 1. The molecule has 0 spiro atoms. The van der Waals surface area contributed by atoms with Gasteiger partial charge >= 0.3 is 0 Å². The van der Waals surface area contributed by atoms with Gasteiger partial charge in [0.25, 0.3) is 0 Å². The molecule has 0 aliphatic carbocycles. The van der Waals surface area contributed by atoms with Crippen molar-refractivity contribution in [1.29, 1.82) is 0 Å². The minimum atomic E-state index is 0.218. The van der Waals surface area contributed by atoms with Crippen molar-refractivity contribution in [2.45, 2.75) is 31.6 Å². The van der Waals surface area contributed by atoms with E-state index in [2.05, 4.69) is 12.1 Å². The van der Waals surface area contributed by atoms with E-state index >= 15 is 0 Å². The number of benzene rings is 1. The first-order valence-corrected chi connectivity index (χ1v) is 6.22. The summed E-state index contributed by atoms with van der Waals surface area (Å²) >= 11 is 5.94. The maximum absolute atomic E-state index is 5.94. The van der Waals surface area contributed by atoms with E-state index in [-0.39, 0.29) is 5.38 Å². The van der Waals surface area contributed by atoms with Crippen LogP contribution >= 0.6 is 11.6 Å². The Hall–Kier alpha value is -0.890. The smallest absolute Gasteiger partial charge is 0.161 e. The van der Waals surface area contributed by atoms with E-state index < -0.39 is 0 Å². The minimum absolute atomic E-state index is 0.218. The second-order valence-electron chi connectivity index (χ2n) is 4.15. The summed E-state index contributed by atoms with van der Waals surface area (Å²) in [6.07, 6.45) is 2.92.